The Kier molecular flexibility index (Phi) is 3.16. The fourth-order valence-corrected chi connectivity index (χ4v) is 1.83. The predicted octanol–water partition coefficient (Wildman–Crippen LogP) is -0.743. The van der Waals surface area contributed by atoms with Crippen LogP contribution in [0, 0.1) is 11.8 Å². The van der Waals surface area contributed by atoms with E-state index in [0.29, 0.717) is 0 Å². The zero-order chi connectivity index (χ0) is 13.3. The van der Waals surface area contributed by atoms with Gasteiger partial charge in [-0.15, -0.1) is 0 Å². The SMILES string of the molecule is O=C(O)C1=C(C(=O)O)C(C(=O)O)C(C(=O)O)C1. The summed E-state index contributed by atoms with van der Waals surface area (Å²) in [5.74, 6) is -9.93. The second kappa shape index (κ2) is 4.24. The molecule has 0 aromatic carbocycles. The Morgan fingerprint density at radius 3 is 1.71 bits per heavy atom. The number of aliphatic carboxylic acids is 4. The quantitative estimate of drug-likeness (QED) is 0.504. The number of carboxylic acid groups (broad SMARTS) is 4. The molecule has 92 valence electrons. The number of hydrogen-bond donors (Lipinski definition) is 4. The lowest BCUT2D eigenvalue weighted by molar-refractivity contribution is -0.152. The van der Waals surface area contributed by atoms with Crippen LogP contribution in [0.4, 0.5) is 0 Å². The zero-order valence-corrected chi connectivity index (χ0v) is 8.28. The first-order valence-electron chi connectivity index (χ1n) is 4.42. The van der Waals surface area contributed by atoms with Gasteiger partial charge in [0, 0.05) is 5.57 Å². The average Bonchev–Trinajstić information content (AvgIpc) is 2.56. The first-order chi connectivity index (χ1) is 7.77. The number of carboxylic acids is 4. The monoisotopic (exact) mass is 244 g/mol. The van der Waals surface area contributed by atoms with E-state index in [-0.39, 0.29) is 0 Å². The minimum atomic E-state index is -1.84. The van der Waals surface area contributed by atoms with Crippen LogP contribution in [0.3, 0.4) is 0 Å². The Morgan fingerprint density at radius 1 is 0.882 bits per heavy atom. The van der Waals surface area contributed by atoms with Gasteiger partial charge in [0.15, 0.2) is 0 Å². The Bertz CT molecular complexity index is 446. The molecule has 0 saturated carbocycles. The van der Waals surface area contributed by atoms with E-state index in [1.807, 2.05) is 0 Å². The Morgan fingerprint density at radius 2 is 1.41 bits per heavy atom. The van der Waals surface area contributed by atoms with E-state index in [4.69, 9.17) is 20.4 Å². The smallest absolute Gasteiger partial charge is 0.333 e. The lowest BCUT2D eigenvalue weighted by atomic mass is 9.91. The van der Waals surface area contributed by atoms with Crippen LogP contribution in [-0.4, -0.2) is 44.3 Å². The molecule has 8 heteroatoms. The Hall–Kier alpha value is -2.38. The van der Waals surface area contributed by atoms with Crippen molar-refractivity contribution in [2.75, 3.05) is 0 Å². The predicted molar refractivity (Wildman–Crippen MR) is 49.2 cm³/mol. The number of rotatable bonds is 4. The van der Waals surface area contributed by atoms with E-state index in [1.165, 1.54) is 0 Å². The van der Waals surface area contributed by atoms with Gasteiger partial charge in [-0.2, -0.15) is 0 Å². The maximum atomic E-state index is 10.8. The summed E-state index contributed by atoms with van der Waals surface area (Å²) in [7, 11) is 0. The van der Waals surface area contributed by atoms with E-state index in [0.717, 1.165) is 0 Å². The first kappa shape index (κ1) is 12.7. The van der Waals surface area contributed by atoms with Gasteiger partial charge in [-0.3, -0.25) is 9.59 Å². The van der Waals surface area contributed by atoms with E-state index in [9.17, 15) is 19.2 Å². The maximum Gasteiger partial charge on any atom is 0.333 e. The van der Waals surface area contributed by atoms with Crippen molar-refractivity contribution >= 4 is 23.9 Å². The molecule has 0 heterocycles. The van der Waals surface area contributed by atoms with Gasteiger partial charge in [-0.1, -0.05) is 0 Å². The lowest BCUT2D eigenvalue weighted by Gasteiger charge is -2.12. The van der Waals surface area contributed by atoms with Crippen LogP contribution in [0.2, 0.25) is 0 Å². The van der Waals surface area contributed by atoms with Gasteiger partial charge in [-0.05, 0) is 6.42 Å². The lowest BCUT2D eigenvalue weighted by Crippen LogP contribution is -2.29. The second-order valence-corrected chi connectivity index (χ2v) is 3.47. The molecule has 2 atom stereocenters. The van der Waals surface area contributed by atoms with Crippen molar-refractivity contribution in [3.8, 4) is 0 Å². The summed E-state index contributed by atoms with van der Waals surface area (Å²) in [4.78, 5) is 43.2. The molecule has 0 radical (unpaired) electrons. The van der Waals surface area contributed by atoms with E-state index in [1.54, 1.807) is 0 Å². The molecule has 1 rings (SSSR count). The van der Waals surface area contributed by atoms with Crippen LogP contribution in [0.1, 0.15) is 6.42 Å². The van der Waals surface area contributed by atoms with E-state index < -0.39 is 53.3 Å². The van der Waals surface area contributed by atoms with Gasteiger partial charge in [0.1, 0.15) is 5.92 Å². The highest BCUT2D eigenvalue weighted by atomic mass is 16.4. The van der Waals surface area contributed by atoms with Crippen LogP contribution in [-0.2, 0) is 19.2 Å². The van der Waals surface area contributed by atoms with Gasteiger partial charge in [-0.25, -0.2) is 9.59 Å². The summed E-state index contributed by atoms with van der Waals surface area (Å²) in [6.45, 7) is 0. The van der Waals surface area contributed by atoms with Crippen molar-refractivity contribution in [1.82, 2.24) is 0 Å². The third-order valence-corrected chi connectivity index (χ3v) is 2.53. The Labute approximate surface area is 93.8 Å². The van der Waals surface area contributed by atoms with Crippen molar-refractivity contribution in [2.24, 2.45) is 11.8 Å². The van der Waals surface area contributed by atoms with Crippen LogP contribution in [0.15, 0.2) is 11.1 Å². The highest BCUT2D eigenvalue weighted by molar-refractivity contribution is 6.06. The van der Waals surface area contributed by atoms with E-state index >= 15 is 0 Å². The molecule has 17 heavy (non-hydrogen) atoms. The molecule has 0 spiro atoms. The fourth-order valence-electron chi connectivity index (χ4n) is 1.83. The summed E-state index contributed by atoms with van der Waals surface area (Å²) >= 11 is 0. The molecule has 0 fully saturated rings. The van der Waals surface area contributed by atoms with E-state index in [2.05, 4.69) is 0 Å². The van der Waals surface area contributed by atoms with Crippen molar-refractivity contribution in [1.29, 1.82) is 0 Å². The van der Waals surface area contributed by atoms with Gasteiger partial charge in [0.2, 0.25) is 0 Å². The van der Waals surface area contributed by atoms with Crippen LogP contribution in [0.5, 0.6) is 0 Å². The van der Waals surface area contributed by atoms with Gasteiger partial charge < -0.3 is 20.4 Å². The van der Waals surface area contributed by atoms with Crippen LogP contribution in [0.25, 0.3) is 0 Å². The molecule has 1 aliphatic rings. The molecule has 0 aromatic heterocycles. The van der Waals surface area contributed by atoms with Crippen molar-refractivity contribution in [2.45, 2.75) is 6.42 Å². The van der Waals surface area contributed by atoms with Gasteiger partial charge in [0.25, 0.3) is 0 Å². The summed E-state index contributed by atoms with van der Waals surface area (Å²) in [6, 6.07) is 0. The molecule has 8 nitrogen and oxygen atoms in total. The normalized spacial score (nSPS) is 23.5. The molecule has 2 unspecified atom stereocenters. The molecule has 0 bridgehead atoms. The minimum absolute atomic E-state index is 0.608. The third kappa shape index (κ3) is 2.10. The minimum Gasteiger partial charge on any atom is -0.481 e. The zero-order valence-electron chi connectivity index (χ0n) is 8.28. The van der Waals surface area contributed by atoms with Crippen molar-refractivity contribution < 1.29 is 39.6 Å². The molecule has 0 aromatic rings. The highest BCUT2D eigenvalue weighted by Crippen LogP contribution is 2.38. The maximum absolute atomic E-state index is 10.8. The molecule has 0 aliphatic heterocycles. The molecule has 4 N–H and O–H groups in total. The molecule has 0 amide bonds. The van der Waals surface area contributed by atoms with Crippen LogP contribution < -0.4 is 0 Å². The van der Waals surface area contributed by atoms with Gasteiger partial charge >= 0.3 is 23.9 Å². The summed E-state index contributed by atoms with van der Waals surface area (Å²) in [5, 5.41) is 35.1. The second-order valence-electron chi connectivity index (χ2n) is 3.47. The van der Waals surface area contributed by atoms with Crippen molar-refractivity contribution in [3.05, 3.63) is 11.1 Å². The van der Waals surface area contributed by atoms with Gasteiger partial charge in [0.05, 0.1) is 11.5 Å². The number of hydrogen-bond acceptors (Lipinski definition) is 4. The molecule has 0 saturated heterocycles. The third-order valence-electron chi connectivity index (χ3n) is 2.53. The first-order valence-corrected chi connectivity index (χ1v) is 4.42. The summed E-state index contributed by atoms with van der Waals surface area (Å²) in [5.41, 5.74) is -1.53. The Balaban J connectivity index is 3.34. The topological polar surface area (TPSA) is 149 Å². The largest absolute Gasteiger partial charge is 0.481 e. The summed E-state index contributed by atoms with van der Waals surface area (Å²) < 4.78 is 0. The van der Waals surface area contributed by atoms with Crippen molar-refractivity contribution in [3.63, 3.8) is 0 Å². The fraction of sp³-hybridized carbons (Fsp3) is 0.333. The van der Waals surface area contributed by atoms with Crippen LogP contribution >= 0.6 is 0 Å². The molecular formula is C9H8O8. The highest BCUT2D eigenvalue weighted by Gasteiger charge is 2.48. The standard InChI is InChI=1S/C9H8O8/c10-6(11)2-1-3(7(12)13)5(9(16)17)4(2)8(14)15/h2,4H,1H2,(H,10,11)(H,12,13)(H,14,15)(H,16,17). The molecule has 1 aliphatic carbocycles. The number of carbonyl (C=O) groups is 4. The molecular weight excluding hydrogens is 236 g/mol. The average molecular weight is 244 g/mol. The summed E-state index contributed by atoms with van der Waals surface area (Å²) in [6.07, 6.45) is -0.608.